The van der Waals surface area contributed by atoms with Crippen LogP contribution in [0.5, 0.6) is 0 Å². The molecule has 7 nitrogen and oxygen atoms in total. The van der Waals surface area contributed by atoms with Crippen LogP contribution in [0, 0.1) is 0 Å². The lowest BCUT2D eigenvalue weighted by Crippen LogP contribution is -2.31. The number of methoxy groups -OCH3 is 1. The largest absolute Gasteiger partial charge is 0.466 e. The molecule has 2 atom stereocenters. The van der Waals surface area contributed by atoms with Crippen LogP contribution in [0.1, 0.15) is 25.5 Å². The zero-order valence-electron chi connectivity index (χ0n) is 13.2. The van der Waals surface area contributed by atoms with Gasteiger partial charge in [0, 0.05) is 6.08 Å². The van der Waals surface area contributed by atoms with Crippen molar-refractivity contribution in [1.82, 2.24) is 14.3 Å². The summed E-state index contributed by atoms with van der Waals surface area (Å²) >= 11 is 0. The lowest BCUT2D eigenvalue weighted by Gasteiger charge is -2.13. The predicted molar refractivity (Wildman–Crippen MR) is 85.3 cm³/mol. The molecule has 0 aliphatic carbocycles. The number of esters is 1. The van der Waals surface area contributed by atoms with Crippen molar-refractivity contribution in [3.63, 3.8) is 0 Å². The van der Waals surface area contributed by atoms with Crippen LogP contribution in [-0.2, 0) is 9.53 Å². The summed E-state index contributed by atoms with van der Waals surface area (Å²) in [6, 6.07) is 6.63. The molecule has 0 radical (unpaired) electrons. The molecule has 2 aromatic rings. The van der Waals surface area contributed by atoms with Gasteiger partial charge in [-0.15, -0.1) is 0 Å². The second-order valence-electron chi connectivity index (χ2n) is 5.16. The molecule has 1 aromatic heterocycles. The fourth-order valence-electron chi connectivity index (χ4n) is 1.96. The van der Waals surface area contributed by atoms with Crippen LogP contribution in [-0.4, -0.2) is 38.6 Å². The summed E-state index contributed by atoms with van der Waals surface area (Å²) in [5.74, 6) is -0.432. The van der Waals surface area contributed by atoms with Crippen LogP contribution in [0.4, 0.5) is 0 Å². The average Bonchev–Trinajstić information content (AvgIpc) is 2.93. The van der Waals surface area contributed by atoms with Gasteiger partial charge < -0.3 is 9.84 Å². The summed E-state index contributed by atoms with van der Waals surface area (Å²) in [4.78, 5) is 23.4. The Hall–Kier alpha value is -2.67. The molecule has 0 spiro atoms. The second kappa shape index (κ2) is 7.06. The van der Waals surface area contributed by atoms with E-state index in [0.29, 0.717) is 5.69 Å². The molecule has 23 heavy (non-hydrogen) atoms. The van der Waals surface area contributed by atoms with E-state index in [1.165, 1.54) is 28.8 Å². The van der Waals surface area contributed by atoms with E-state index in [2.05, 4.69) is 9.84 Å². The summed E-state index contributed by atoms with van der Waals surface area (Å²) in [6.45, 7) is 3.34. The molecule has 2 rings (SSSR count). The molecule has 122 valence electrons. The third-order valence-electron chi connectivity index (χ3n) is 3.56. The molecule has 0 unspecified atom stereocenters. The first-order valence-corrected chi connectivity index (χ1v) is 7.14. The number of nitrogens with zero attached hydrogens (tertiary/aromatic N) is 3. The van der Waals surface area contributed by atoms with Crippen molar-refractivity contribution >= 4 is 12.0 Å². The van der Waals surface area contributed by atoms with E-state index in [0.717, 1.165) is 5.56 Å². The Balaban J connectivity index is 2.25. The molecule has 0 amide bonds. The molecule has 0 saturated heterocycles. The van der Waals surface area contributed by atoms with Crippen molar-refractivity contribution in [2.45, 2.75) is 26.0 Å². The smallest absolute Gasteiger partial charge is 0.350 e. The van der Waals surface area contributed by atoms with Crippen molar-refractivity contribution in [3.05, 3.63) is 52.7 Å². The van der Waals surface area contributed by atoms with Gasteiger partial charge in [0.25, 0.3) is 0 Å². The SMILES string of the molecule is COC(=O)C=Cc1ccc(-n2cnn([C@@H](C)[C@@H](C)O)c2=O)cc1. The minimum absolute atomic E-state index is 0.323. The number of hydrogen-bond acceptors (Lipinski definition) is 5. The number of carbonyl (C=O) groups excluding carboxylic acids is 1. The Kier molecular flexibility index (Phi) is 5.13. The maximum atomic E-state index is 12.3. The molecule has 0 bridgehead atoms. The minimum Gasteiger partial charge on any atom is -0.466 e. The quantitative estimate of drug-likeness (QED) is 0.660. The third kappa shape index (κ3) is 3.75. The summed E-state index contributed by atoms with van der Waals surface area (Å²) in [5.41, 5.74) is 1.13. The first kappa shape index (κ1) is 16.7. The van der Waals surface area contributed by atoms with Gasteiger partial charge in [-0.25, -0.2) is 18.8 Å². The van der Waals surface area contributed by atoms with Gasteiger partial charge in [0.05, 0.1) is 24.9 Å². The van der Waals surface area contributed by atoms with E-state index >= 15 is 0 Å². The Morgan fingerprint density at radius 3 is 2.52 bits per heavy atom. The molecule has 0 fully saturated rings. The number of ether oxygens (including phenoxy) is 1. The van der Waals surface area contributed by atoms with Crippen LogP contribution < -0.4 is 5.69 Å². The molecule has 0 aliphatic heterocycles. The highest BCUT2D eigenvalue weighted by Crippen LogP contribution is 2.11. The first-order valence-electron chi connectivity index (χ1n) is 7.14. The number of aliphatic hydroxyl groups is 1. The highest BCUT2D eigenvalue weighted by molar-refractivity contribution is 5.86. The average molecular weight is 317 g/mol. The first-order chi connectivity index (χ1) is 10.9. The van der Waals surface area contributed by atoms with Gasteiger partial charge in [-0.05, 0) is 37.6 Å². The normalized spacial score (nSPS) is 13.9. The van der Waals surface area contributed by atoms with Crippen LogP contribution in [0.15, 0.2) is 41.5 Å². The van der Waals surface area contributed by atoms with Gasteiger partial charge in [0.1, 0.15) is 6.33 Å². The maximum Gasteiger partial charge on any atom is 0.350 e. The molecule has 7 heteroatoms. The topological polar surface area (TPSA) is 86.3 Å². The van der Waals surface area contributed by atoms with Crippen molar-refractivity contribution in [1.29, 1.82) is 0 Å². The predicted octanol–water partition coefficient (Wildman–Crippen LogP) is 1.16. The Morgan fingerprint density at radius 1 is 1.30 bits per heavy atom. The van der Waals surface area contributed by atoms with Crippen LogP contribution in [0.2, 0.25) is 0 Å². The Bertz CT molecular complexity index is 756. The van der Waals surface area contributed by atoms with Gasteiger partial charge in [-0.3, -0.25) is 0 Å². The molecular weight excluding hydrogens is 298 g/mol. The third-order valence-corrected chi connectivity index (χ3v) is 3.56. The molecule has 0 saturated carbocycles. The fraction of sp³-hybridized carbons (Fsp3) is 0.312. The van der Waals surface area contributed by atoms with E-state index in [-0.39, 0.29) is 5.69 Å². The lowest BCUT2D eigenvalue weighted by molar-refractivity contribution is -0.134. The van der Waals surface area contributed by atoms with Gasteiger partial charge in [0.15, 0.2) is 0 Å². The van der Waals surface area contributed by atoms with E-state index in [1.807, 2.05) is 0 Å². The fourth-order valence-corrected chi connectivity index (χ4v) is 1.96. The van der Waals surface area contributed by atoms with Gasteiger partial charge in [-0.1, -0.05) is 12.1 Å². The van der Waals surface area contributed by atoms with Gasteiger partial charge >= 0.3 is 11.7 Å². The Morgan fingerprint density at radius 2 is 1.96 bits per heavy atom. The molecule has 1 N–H and O–H groups in total. The van der Waals surface area contributed by atoms with Crippen LogP contribution >= 0.6 is 0 Å². The van der Waals surface area contributed by atoms with E-state index in [1.54, 1.807) is 44.2 Å². The van der Waals surface area contributed by atoms with E-state index in [4.69, 9.17) is 0 Å². The van der Waals surface area contributed by atoms with Crippen LogP contribution in [0.25, 0.3) is 11.8 Å². The second-order valence-corrected chi connectivity index (χ2v) is 5.16. The minimum atomic E-state index is -0.679. The van der Waals surface area contributed by atoms with Crippen molar-refractivity contribution in [3.8, 4) is 5.69 Å². The highest BCUT2D eigenvalue weighted by atomic mass is 16.5. The highest BCUT2D eigenvalue weighted by Gasteiger charge is 2.16. The molecule has 1 aromatic carbocycles. The summed E-state index contributed by atoms with van der Waals surface area (Å²) in [7, 11) is 1.31. The van der Waals surface area contributed by atoms with E-state index in [9.17, 15) is 14.7 Å². The molecule has 0 aliphatic rings. The zero-order valence-corrected chi connectivity index (χ0v) is 13.2. The Labute approximate surface area is 133 Å². The zero-order chi connectivity index (χ0) is 17.0. The number of carbonyl (C=O) groups is 1. The molecule has 1 heterocycles. The number of benzene rings is 1. The van der Waals surface area contributed by atoms with Crippen molar-refractivity contribution in [2.75, 3.05) is 7.11 Å². The van der Waals surface area contributed by atoms with Gasteiger partial charge in [0.2, 0.25) is 0 Å². The molecular formula is C16H19N3O4. The number of rotatable bonds is 5. The van der Waals surface area contributed by atoms with Crippen molar-refractivity contribution in [2.24, 2.45) is 0 Å². The van der Waals surface area contributed by atoms with Crippen LogP contribution in [0.3, 0.4) is 0 Å². The van der Waals surface area contributed by atoms with Gasteiger partial charge in [-0.2, -0.15) is 5.10 Å². The van der Waals surface area contributed by atoms with Crippen molar-refractivity contribution < 1.29 is 14.6 Å². The van der Waals surface area contributed by atoms with E-state index < -0.39 is 18.1 Å². The lowest BCUT2D eigenvalue weighted by atomic mass is 10.2. The summed E-state index contributed by atoms with van der Waals surface area (Å²) in [5, 5.41) is 13.6. The number of hydrogen-bond donors (Lipinski definition) is 1. The number of aliphatic hydroxyl groups excluding tert-OH is 1. The summed E-state index contributed by atoms with van der Waals surface area (Å²) < 4.78 is 7.16. The monoisotopic (exact) mass is 317 g/mol. The maximum absolute atomic E-state index is 12.3. The number of aromatic nitrogens is 3. The standard InChI is InChI=1S/C16H19N3O4/c1-11(12(2)20)19-16(22)18(10-17-19)14-7-4-13(5-8-14)6-9-15(21)23-3/h4-12,20H,1-3H3/t11-,12+/m0/s1. The summed E-state index contributed by atoms with van der Waals surface area (Å²) in [6.07, 6.45) is 3.68.